The number of amides is 2. The molecule has 6 nitrogen and oxygen atoms in total. The predicted molar refractivity (Wildman–Crippen MR) is 119 cm³/mol. The Morgan fingerprint density at radius 1 is 1.07 bits per heavy atom. The van der Waals surface area contributed by atoms with E-state index < -0.39 is 11.8 Å². The first-order valence-corrected chi connectivity index (χ1v) is 10.1. The van der Waals surface area contributed by atoms with Crippen LogP contribution in [0.3, 0.4) is 0 Å². The van der Waals surface area contributed by atoms with Crippen LogP contribution in [-0.2, 0) is 0 Å². The maximum Gasteiger partial charge on any atom is 0.282 e. The lowest BCUT2D eigenvalue weighted by molar-refractivity contribution is 0.0616. The molecule has 3 aromatic carbocycles. The topological polar surface area (TPSA) is 68.2 Å². The smallest absolute Gasteiger partial charge is 0.282 e. The molecule has 29 heavy (non-hydrogen) atoms. The van der Waals surface area contributed by atoms with Crippen LogP contribution in [-0.4, -0.2) is 36.8 Å². The summed E-state index contributed by atoms with van der Waals surface area (Å²) in [4.78, 5) is 25.8. The molecular formula is C22H17IN2O4. The molecule has 0 unspecified atom stereocenters. The van der Waals surface area contributed by atoms with Crippen molar-refractivity contribution in [2.75, 3.05) is 13.7 Å². The van der Waals surface area contributed by atoms with Crippen molar-refractivity contribution in [3.05, 3.63) is 68.8 Å². The largest absolute Gasteiger partial charge is 0.492 e. The number of carbonyl (C=O) groups is 2. The lowest BCUT2D eigenvalue weighted by Crippen LogP contribution is -2.36. The van der Waals surface area contributed by atoms with E-state index in [0.717, 1.165) is 14.0 Å². The van der Waals surface area contributed by atoms with E-state index in [2.05, 4.69) is 27.7 Å². The number of methoxy groups -OCH3 is 1. The quantitative estimate of drug-likeness (QED) is 0.295. The fourth-order valence-corrected chi connectivity index (χ4v) is 4.22. The first-order valence-electron chi connectivity index (χ1n) is 9.00. The van der Waals surface area contributed by atoms with Crippen molar-refractivity contribution in [1.82, 2.24) is 5.01 Å². The second kappa shape index (κ2) is 7.82. The second-order valence-corrected chi connectivity index (χ2v) is 7.51. The highest BCUT2D eigenvalue weighted by molar-refractivity contribution is 14.1. The van der Waals surface area contributed by atoms with E-state index in [-0.39, 0.29) is 0 Å². The molecule has 1 aliphatic heterocycles. The molecule has 0 fully saturated rings. The first kappa shape index (κ1) is 19.4. The monoisotopic (exact) mass is 500 g/mol. The minimum atomic E-state index is -0.441. The van der Waals surface area contributed by atoms with Crippen molar-refractivity contribution in [2.24, 2.45) is 5.10 Å². The third-order valence-electron chi connectivity index (χ3n) is 4.61. The van der Waals surface area contributed by atoms with Crippen molar-refractivity contribution < 1.29 is 19.1 Å². The summed E-state index contributed by atoms with van der Waals surface area (Å²) in [7, 11) is 1.58. The molecule has 0 aromatic heterocycles. The average Bonchev–Trinajstić information content (AvgIpc) is 2.72. The summed E-state index contributed by atoms with van der Waals surface area (Å²) < 4.78 is 11.9. The molecular weight excluding hydrogens is 483 g/mol. The standard InChI is InChI=1S/C22H17IN2O4/c1-3-29-18-11-13(10-17(23)20(18)28-2)12-24-25-21(26)15-8-4-6-14-7-5-9-16(19(14)15)22(25)27/h4-12H,3H2,1-2H3/b24-12-. The van der Waals surface area contributed by atoms with E-state index in [1.54, 1.807) is 37.4 Å². The molecule has 1 aliphatic rings. The van der Waals surface area contributed by atoms with Crippen molar-refractivity contribution in [2.45, 2.75) is 6.92 Å². The molecule has 0 spiro atoms. The number of hydrazone groups is 1. The van der Waals surface area contributed by atoms with Gasteiger partial charge in [0.05, 0.1) is 34.6 Å². The predicted octanol–water partition coefficient (Wildman–Crippen LogP) is 4.48. The van der Waals surface area contributed by atoms with Crippen LogP contribution in [0.4, 0.5) is 0 Å². The summed E-state index contributed by atoms with van der Waals surface area (Å²) in [6, 6.07) is 14.4. The highest BCUT2D eigenvalue weighted by atomic mass is 127. The van der Waals surface area contributed by atoms with Crippen LogP contribution in [0.2, 0.25) is 0 Å². The number of rotatable bonds is 5. The minimum Gasteiger partial charge on any atom is -0.492 e. The van der Waals surface area contributed by atoms with Gasteiger partial charge in [-0.15, -0.1) is 0 Å². The van der Waals surface area contributed by atoms with Crippen molar-refractivity contribution >= 4 is 51.4 Å². The lowest BCUT2D eigenvalue weighted by Gasteiger charge is -2.23. The number of carbonyl (C=O) groups excluding carboxylic acids is 2. The highest BCUT2D eigenvalue weighted by Crippen LogP contribution is 2.34. The Bertz CT molecular complexity index is 1120. The van der Waals surface area contributed by atoms with Crippen LogP contribution in [0, 0.1) is 3.57 Å². The molecule has 2 amide bonds. The number of hydrogen-bond donors (Lipinski definition) is 0. The van der Waals surface area contributed by atoms with E-state index in [1.165, 1.54) is 6.21 Å². The van der Waals surface area contributed by atoms with Gasteiger partial charge in [-0.2, -0.15) is 10.1 Å². The third-order valence-corrected chi connectivity index (χ3v) is 5.41. The molecule has 7 heteroatoms. The molecule has 3 aromatic rings. The van der Waals surface area contributed by atoms with Crippen LogP contribution in [0.1, 0.15) is 33.2 Å². The van der Waals surface area contributed by atoms with Crippen molar-refractivity contribution in [3.8, 4) is 11.5 Å². The lowest BCUT2D eigenvalue weighted by atomic mass is 9.95. The Labute approximate surface area is 181 Å². The van der Waals surface area contributed by atoms with E-state index in [4.69, 9.17) is 9.47 Å². The summed E-state index contributed by atoms with van der Waals surface area (Å²) in [6.07, 6.45) is 1.48. The molecule has 0 bridgehead atoms. The van der Waals surface area contributed by atoms with Crippen LogP contribution >= 0.6 is 22.6 Å². The molecule has 0 radical (unpaired) electrons. The number of halogens is 1. The van der Waals surface area contributed by atoms with E-state index in [9.17, 15) is 9.59 Å². The molecule has 0 N–H and O–H groups in total. The van der Waals surface area contributed by atoms with Gasteiger partial charge in [-0.3, -0.25) is 9.59 Å². The van der Waals surface area contributed by atoms with Crippen LogP contribution < -0.4 is 9.47 Å². The van der Waals surface area contributed by atoms with Gasteiger partial charge in [-0.1, -0.05) is 24.3 Å². The molecule has 146 valence electrons. The van der Waals surface area contributed by atoms with Gasteiger partial charge in [0, 0.05) is 5.39 Å². The highest BCUT2D eigenvalue weighted by Gasteiger charge is 2.32. The van der Waals surface area contributed by atoms with Crippen molar-refractivity contribution in [3.63, 3.8) is 0 Å². The number of benzene rings is 3. The molecule has 0 atom stereocenters. The van der Waals surface area contributed by atoms with Gasteiger partial charge >= 0.3 is 0 Å². The summed E-state index contributed by atoms with van der Waals surface area (Å²) in [5.74, 6) is 0.331. The van der Waals surface area contributed by atoms with Crippen molar-refractivity contribution in [1.29, 1.82) is 0 Å². The molecule has 0 saturated carbocycles. The molecule has 1 heterocycles. The third kappa shape index (κ3) is 3.35. The SMILES string of the molecule is CCOc1cc(/C=N\N2C(=O)c3cccc4cccc(c34)C2=O)cc(I)c1OC. The number of ether oxygens (including phenoxy) is 2. The Kier molecular flexibility index (Phi) is 5.23. The average molecular weight is 500 g/mol. The Hall–Kier alpha value is -2.94. The maximum absolute atomic E-state index is 12.9. The Morgan fingerprint density at radius 3 is 2.31 bits per heavy atom. The number of nitrogens with zero attached hydrogens (tertiary/aromatic N) is 2. The molecule has 4 rings (SSSR count). The fourth-order valence-electron chi connectivity index (χ4n) is 3.37. The van der Waals surface area contributed by atoms with Gasteiger partial charge in [0.2, 0.25) is 0 Å². The zero-order valence-electron chi connectivity index (χ0n) is 15.8. The summed E-state index contributed by atoms with van der Waals surface area (Å²) in [5.41, 5.74) is 1.62. The molecule has 0 saturated heterocycles. The van der Waals surface area contributed by atoms with E-state index in [1.807, 2.05) is 25.1 Å². The number of hydrogen-bond acceptors (Lipinski definition) is 5. The second-order valence-electron chi connectivity index (χ2n) is 6.34. The van der Waals surface area contributed by atoms with Crippen LogP contribution in [0.15, 0.2) is 53.6 Å². The van der Waals surface area contributed by atoms with Gasteiger partial charge in [0.1, 0.15) is 0 Å². The first-order chi connectivity index (χ1) is 14.0. The Morgan fingerprint density at radius 2 is 1.72 bits per heavy atom. The minimum absolute atomic E-state index is 0.441. The maximum atomic E-state index is 12.9. The van der Waals surface area contributed by atoms with E-state index in [0.29, 0.717) is 40.2 Å². The summed E-state index contributed by atoms with van der Waals surface area (Å²) in [6.45, 7) is 2.37. The van der Waals surface area contributed by atoms with Gasteiger partial charge in [0.25, 0.3) is 11.8 Å². The normalized spacial score (nSPS) is 13.4. The van der Waals surface area contributed by atoms with Crippen LogP contribution in [0.5, 0.6) is 11.5 Å². The Balaban J connectivity index is 1.73. The summed E-state index contributed by atoms with van der Waals surface area (Å²) >= 11 is 2.14. The summed E-state index contributed by atoms with van der Waals surface area (Å²) in [5, 5.41) is 6.65. The van der Waals surface area contributed by atoms with Gasteiger partial charge in [-0.05, 0) is 64.7 Å². The zero-order valence-corrected chi connectivity index (χ0v) is 18.0. The van der Waals surface area contributed by atoms with Gasteiger partial charge < -0.3 is 9.47 Å². The fraction of sp³-hybridized carbons (Fsp3) is 0.136. The van der Waals surface area contributed by atoms with E-state index >= 15 is 0 Å². The van der Waals surface area contributed by atoms with Crippen LogP contribution in [0.25, 0.3) is 10.8 Å². The molecule has 0 aliphatic carbocycles. The van der Waals surface area contributed by atoms with Gasteiger partial charge in [-0.25, -0.2) is 0 Å². The zero-order chi connectivity index (χ0) is 20.5. The van der Waals surface area contributed by atoms with Gasteiger partial charge in [0.15, 0.2) is 11.5 Å². The number of imide groups is 1.